The Balaban J connectivity index is 0.00000162. The number of amides is 1. The summed E-state index contributed by atoms with van der Waals surface area (Å²) in [5, 5.41) is 12.5. The number of hydrogen-bond acceptors (Lipinski definition) is 3. The van der Waals surface area contributed by atoms with E-state index in [1.54, 1.807) is 29.2 Å². The van der Waals surface area contributed by atoms with Crippen LogP contribution in [0.5, 0.6) is 5.75 Å². The van der Waals surface area contributed by atoms with Gasteiger partial charge in [-0.1, -0.05) is 0 Å². The number of nitrogens with one attached hydrogen (secondary N) is 1. The summed E-state index contributed by atoms with van der Waals surface area (Å²) in [5.74, 6) is 0.197. The van der Waals surface area contributed by atoms with E-state index in [4.69, 9.17) is 0 Å². The zero-order valence-electron chi connectivity index (χ0n) is 10.4. The molecule has 1 aliphatic rings. The third-order valence-electron chi connectivity index (χ3n) is 3.25. The van der Waals surface area contributed by atoms with E-state index in [0.717, 1.165) is 25.9 Å². The van der Waals surface area contributed by atoms with Crippen LogP contribution < -0.4 is 5.32 Å². The lowest BCUT2D eigenvalue weighted by Crippen LogP contribution is -2.46. The molecule has 0 spiro atoms. The minimum atomic E-state index is 0. The Morgan fingerprint density at radius 3 is 2.61 bits per heavy atom. The number of carbonyl (C=O) groups is 1. The molecular formula is C13H19ClN2O2. The molecule has 1 fully saturated rings. The van der Waals surface area contributed by atoms with Gasteiger partial charge in [0.25, 0.3) is 5.91 Å². The highest BCUT2D eigenvalue weighted by atomic mass is 35.5. The molecule has 1 aromatic rings. The Hall–Kier alpha value is -1.26. The van der Waals surface area contributed by atoms with Crippen molar-refractivity contribution < 1.29 is 9.90 Å². The zero-order chi connectivity index (χ0) is 12.3. The molecule has 0 aromatic heterocycles. The first-order valence-corrected chi connectivity index (χ1v) is 5.95. The number of hydrogen-bond donors (Lipinski definition) is 2. The van der Waals surface area contributed by atoms with Gasteiger partial charge in [0.1, 0.15) is 5.75 Å². The van der Waals surface area contributed by atoms with Crippen molar-refractivity contribution in [3.63, 3.8) is 0 Å². The molecule has 1 saturated heterocycles. The average Bonchev–Trinajstić information content (AvgIpc) is 2.39. The van der Waals surface area contributed by atoms with Crippen LogP contribution in [0.25, 0.3) is 0 Å². The number of aromatic hydroxyl groups is 1. The molecule has 100 valence electrons. The highest BCUT2D eigenvalue weighted by Crippen LogP contribution is 2.15. The Bertz CT molecular complexity index is 388. The standard InChI is InChI=1S/C13H18N2O2.ClH/c1-15(11-3-2-8-14-9-11)13(17)10-4-6-12(16)7-5-10;/h4-7,11,14,16H,2-3,8-9H2,1H3;1H. The number of likely N-dealkylation sites (N-methyl/N-ethyl adjacent to an activating group) is 1. The summed E-state index contributed by atoms with van der Waals surface area (Å²) in [6.07, 6.45) is 2.16. The van der Waals surface area contributed by atoms with E-state index >= 15 is 0 Å². The first kappa shape index (κ1) is 14.8. The van der Waals surface area contributed by atoms with Crippen LogP contribution in [0.2, 0.25) is 0 Å². The van der Waals surface area contributed by atoms with Crippen molar-refractivity contribution in [3.8, 4) is 5.75 Å². The first-order chi connectivity index (χ1) is 8.18. The smallest absolute Gasteiger partial charge is 0.253 e. The monoisotopic (exact) mass is 270 g/mol. The van der Waals surface area contributed by atoms with E-state index < -0.39 is 0 Å². The summed E-state index contributed by atoms with van der Waals surface area (Å²) in [5.41, 5.74) is 0.621. The molecule has 0 saturated carbocycles. The van der Waals surface area contributed by atoms with Gasteiger partial charge in [-0.05, 0) is 43.7 Å². The highest BCUT2D eigenvalue weighted by Gasteiger charge is 2.22. The SMILES string of the molecule is CN(C(=O)c1ccc(O)cc1)C1CCCNC1.Cl. The largest absolute Gasteiger partial charge is 0.508 e. The predicted octanol–water partition coefficient (Wildman–Crippen LogP) is 1.64. The maximum atomic E-state index is 12.2. The number of nitrogens with zero attached hydrogens (tertiary/aromatic N) is 1. The van der Waals surface area contributed by atoms with Gasteiger partial charge < -0.3 is 15.3 Å². The van der Waals surface area contributed by atoms with Crippen LogP contribution >= 0.6 is 12.4 Å². The van der Waals surface area contributed by atoms with Gasteiger partial charge in [0.15, 0.2) is 0 Å². The van der Waals surface area contributed by atoms with Gasteiger partial charge in [-0.15, -0.1) is 12.4 Å². The van der Waals surface area contributed by atoms with Crippen molar-refractivity contribution >= 4 is 18.3 Å². The van der Waals surface area contributed by atoms with Crippen LogP contribution in [-0.4, -0.2) is 42.1 Å². The van der Waals surface area contributed by atoms with Crippen LogP contribution in [0.15, 0.2) is 24.3 Å². The summed E-state index contributed by atoms with van der Waals surface area (Å²) >= 11 is 0. The predicted molar refractivity (Wildman–Crippen MR) is 73.3 cm³/mol. The first-order valence-electron chi connectivity index (χ1n) is 5.95. The van der Waals surface area contributed by atoms with Gasteiger partial charge in [0, 0.05) is 25.2 Å². The molecule has 1 aliphatic heterocycles. The fourth-order valence-electron chi connectivity index (χ4n) is 2.14. The van der Waals surface area contributed by atoms with Crippen LogP contribution in [0.3, 0.4) is 0 Å². The van der Waals surface area contributed by atoms with Crippen molar-refractivity contribution in [1.29, 1.82) is 0 Å². The Morgan fingerprint density at radius 2 is 2.06 bits per heavy atom. The molecule has 0 radical (unpaired) electrons. The average molecular weight is 271 g/mol. The van der Waals surface area contributed by atoms with Crippen molar-refractivity contribution in [1.82, 2.24) is 10.2 Å². The van der Waals surface area contributed by atoms with Gasteiger partial charge in [-0.25, -0.2) is 0 Å². The number of piperidine rings is 1. The van der Waals surface area contributed by atoms with E-state index in [0.29, 0.717) is 5.56 Å². The number of phenols is 1. The lowest BCUT2D eigenvalue weighted by molar-refractivity contribution is 0.0708. The summed E-state index contributed by atoms with van der Waals surface area (Å²) < 4.78 is 0. The van der Waals surface area contributed by atoms with Crippen molar-refractivity contribution in [2.24, 2.45) is 0 Å². The molecule has 1 atom stereocenters. The Morgan fingerprint density at radius 1 is 1.39 bits per heavy atom. The van der Waals surface area contributed by atoms with E-state index in [2.05, 4.69) is 5.32 Å². The molecule has 5 heteroatoms. The third-order valence-corrected chi connectivity index (χ3v) is 3.25. The van der Waals surface area contributed by atoms with Crippen molar-refractivity contribution in [2.45, 2.75) is 18.9 Å². The molecule has 1 unspecified atom stereocenters. The Labute approximate surface area is 113 Å². The van der Waals surface area contributed by atoms with E-state index in [1.165, 1.54) is 0 Å². The van der Waals surface area contributed by atoms with Crippen molar-refractivity contribution in [3.05, 3.63) is 29.8 Å². The van der Waals surface area contributed by atoms with Crippen LogP contribution in [0.1, 0.15) is 23.2 Å². The quantitative estimate of drug-likeness (QED) is 0.859. The maximum absolute atomic E-state index is 12.2. The molecule has 18 heavy (non-hydrogen) atoms. The van der Waals surface area contributed by atoms with Gasteiger partial charge in [0.05, 0.1) is 0 Å². The van der Waals surface area contributed by atoms with Crippen molar-refractivity contribution in [2.75, 3.05) is 20.1 Å². The number of halogens is 1. The van der Waals surface area contributed by atoms with Crippen LogP contribution in [-0.2, 0) is 0 Å². The fourth-order valence-corrected chi connectivity index (χ4v) is 2.14. The number of benzene rings is 1. The lowest BCUT2D eigenvalue weighted by atomic mass is 10.1. The minimum absolute atomic E-state index is 0. The molecule has 4 nitrogen and oxygen atoms in total. The van der Waals surface area contributed by atoms with Crippen LogP contribution in [0, 0.1) is 0 Å². The van der Waals surface area contributed by atoms with E-state index in [-0.39, 0.29) is 30.1 Å². The summed E-state index contributed by atoms with van der Waals surface area (Å²) in [4.78, 5) is 14.0. The van der Waals surface area contributed by atoms with E-state index in [1.807, 2.05) is 7.05 Å². The molecule has 1 amide bonds. The zero-order valence-corrected chi connectivity index (χ0v) is 11.2. The molecular weight excluding hydrogens is 252 g/mol. The van der Waals surface area contributed by atoms with Gasteiger partial charge in [0.2, 0.25) is 0 Å². The Kier molecular flexibility index (Phi) is 5.44. The molecule has 0 aliphatic carbocycles. The third kappa shape index (κ3) is 3.37. The van der Waals surface area contributed by atoms with Crippen LogP contribution in [0.4, 0.5) is 0 Å². The second-order valence-corrected chi connectivity index (χ2v) is 4.46. The normalized spacial score (nSPS) is 18.8. The fraction of sp³-hybridized carbons (Fsp3) is 0.462. The minimum Gasteiger partial charge on any atom is -0.508 e. The highest BCUT2D eigenvalue weighted by molar-refractivity contribution is 5.94. The maximum Gasteiger partial charge on any atom is 0.253 e. The molecule has 0 bridgehead atoms. The lowest BCUT2D eigenvalue weighted by Gasteiger charge is -2.31. The summed E-state index contributed by atoms with van der Waals surface area (Å²) in [6.45, 7) is 1.90. The molecule has 2 rings (SSSR count). The summed E-state index contributed by atoms with van der Waals surface area (Å²) in [7, 11) is 1.84. The molecule has 1 heterocycles. The number of carbonyl (C=O) groups excluding carboxylic acids is 1. The topological polar surface area (TPSA) is 52.6 Å². The number of rotatable bonds is 2. The molecule has 2 N–H and O–H groups in total. The van der Waals surface area contributed by atoms with Gasteiger partial charge in [-0.2, -0.15) is 0 Å². The second kappa shape index (κ2) is 6.61. The van der Waals surface area contributed by atoms with E-state index in [9.17, 15) is 9.90 Å². The number of phenolic OH excluding ortho intramolecular Hbond substituents is 1. The second-order valence-electron chi connectivity index (χ2n) is 4.46. The summed E-state index contributed by atoms with van der Waals surface area (Å²) in [6, 6.07) is 6.67. The van der Waals surface area contributed by atoms with Gasteiger partial charge in [-0.3, -0.25) is 4.79 Å². The van der Waals surface area contributed by atoms with Gasteiger partial charge >= 0.3 is 0 Å². The molecule has 1 aromatic carbocycles.